The first kappa shape index (κ1) is 27.0. The highest BCUT2D eigenvalue weighted by Gasteiger charge is 2.24. The molecule has 2 aromatic carbocycles. The monoisotopic (exact) mass is 506 g/mol. The molecule has 0 saturated carbocycles. The average Bonchev–Trinajstić information content (AvgIpc) is 3.29. The molecule has 3 aromatic rings. The van der Waals surface area contributed by atoms with Gasteiger partial charge in [-0.3, -0.25) is 19.1 Å². The molecule has 3 rings (SSSR count). The van der Waals surface area contributed by atoms with Crippen molar-refractivity contribution in [3.8, 4) is 6.07 Å². The van der Waals surface area contributed by atoms with Crippen LogP contribution in [0.5, 0.6) is 0 Å². The third-order valence-electron chi connectivity index (χ3n) is 5.52. The summed E-state index contributed by atoms with van der Waals surface area (Å²) >= 11 is 0. The van der Waals surface area contributed by atoms with E-state index in [-0.39, 0.29) is 18.4 Å². The molecule has 1 heterocycles. The lowest BCUT2D eigenvalue weighted by Crippen LogP contribution is -2.50. The molecule has 11 heteroatoms. The van der Waals surface area contributed by atoms with Gasteiger partial charge in [0.15, 0.2) is 0 Å². The van der Waals surface area contributed by atoms with Gasteiger partial charge in [-0.1, -0.05) is 35.0 Å². The van der Waals surface area contributed by atoms with Crippen LogP contribution in [0.3, 0.4) is 0 Å². The quantitative estimate of drug-likeness (QED) is 0.341. The number of rotatable bonds is 12. The predicted molar refractivity (Wildman–Crippen MR) is 131 cm³/mol. The Morgan fingerprint density at radius 2 is 1.92 bits per heavy atom. The Hall–Kier alpha value is -4.59. The summed E-state index contributed by atoms with van der Waals surface area (Å²) < 4.78 is 14.7. The molecule has 0 aliphatic heterocycles. The lowest BCUT2D eigenvalue weighted by atomic mass is 10.0. The summed E-state index contributed by atoms with van der Waals surface area (Å²) in [5.41, 5.74) is 2.36. The largest absolute Gasteiger partial charge is 0.481 e. The van der Waals surface area contributed by atoms with Crippen LogP contribution < -0.4 is 10.6 Å². The third-order valence-corrected chi connectivity index (χ3v) is 5.52. The van der Waals surface area contributed by atoms with Gasteiger partial charge in [0.1, 0.15) is 17.9 Å². The number of hydrogen-bond acceptors (Lipinski definition) is 6. The van der Waals surface area contributed by atoms with Gasteiger partial charge >= 0.3 is 5.97 Å². The van der Waals surface area contributed by atoms with E-state index in [9.17, 15) is 24.0 Å². The number of nitrogens with one attached hydrogen (secondary N) is 2. The first-order valence-corrected chi connectivity index (χ1v) is 11.7. The van der Waals surface area contributed by atoms with Gasteiger partial charge < -0.3 is 15.7 Å². The van der Waals surface area contributed by atoms with Crippen LogP contribution in [0.4, 0.5) is 4.39 Å². The number of carboxylic acid groups (broad SMARTS) is 1. The van der Waals surface area contributed by atoms with Gasteiger partial charge in [-0.2, -0.15) is 5.26 Å². The fraction of sp³-hybridized carbons (Fsp3) is 0.308. The molecule has 0 bridgehead atoms. The normalized spacial score (nSPS) is 12.2. The Bertz CT molecular complexity index is 1280. The van der Waals surface area contributed by atoms with Crippen LogP contribution in [0.15, 0.2) is 54.7 Å². The molecule has 0 fully saturated rings. The van der Waals surface area contributed by atoms with Gasteiger partial charge in [0.05, 0.1) is 18.2 Å². The Kier molecular flexibility index (Phi) is 9.43. The van der Waals surface area contributed by atoms with Gasteiger partial charge in [-0.15, -0.1) is 5.10 Å². The molecule has 0 saturated heterocycles. The number of halogens is 1. The van der Waals surface area contributed by atoms with E-state index in [1.165, 1.54) is 23.0 Å². The minimum Gasteiger partial charge on any atom is -0.481 e. The van der Waals surface area contributed by atoms with Crippen LogP contribution in [0, 0.1) is 24.1 Å². The zero-order chi connectivity index (χ0) is 26.8. The van der Waals surface area contributed by atoms with E-state index in [0.717, 1.165) is 23.3 Å². The Balaban J connectivity index is 1.63. The van der Waals surface area contributed by atoms with E-state index in [1.54, 1.807) is 0 Å². The molecule has 2 amide bonds. The number of carbonyl (C=O) groups excluding carboxylic acids is 2. The van der Waals surface area contributed by atoms with E-state index < -0.39 is 35.7 Å². The number of nitrogens with zero attached hydrogens (tertiary/aromatic N) is 4. The number of aliphatic carboxylic acids is 1. The molecule has 0 radical (unpaired) electrons. The smallest absolute Gasteiger partial charge is 0.309 e. The van der Waals surface area contributed by atoms with E-state index in [0.29, 0.717) is 25.1 Å². The predicted octanol–water partition coefficient (Wildman–Crippen LogP) is 2.18. The van der Waals surface area contributed by atoms with Crippen LogP contribution in [0.2, 0.25) is 0 Å². The summed E-state index contributed by atoms with van der Waals surface area (Å²) in [7, 11) is 0. The second-order valence-corrected chi connectivity index (χ2v) is 8.60. The highest BCUT2D eigenvalue weighted by atomic mass is 19.1. The molecular weight excluding hydrogens is 479 g/mol. The Morgan fingerprint density at radius 1 is 1.16 bits per heavy atom. The van der Waals surface area contributed by atoms with Gasteiger partial charge in [0, 0.05) is 24.7 Å². The number of benzene rings is 2. The number of carboxylic acids is 1. The van der Waals surface area contributed by atoms with Gasteiger partial charge in [-0.05, 0) is 49.6 Å². The first-order chi connectivity index (χ1) is 17.7. The van der Waals surface area contributed by atoms with Crippen LogP contribution in [-0.2, 0) is 29.0 Å². The zero-order valence-electron chi connectivity index (χ0n) is 20.2. The van der Waals surface area contributed by atoms with E-state index in [4.69, 9.17) is 5.11 Å². The van der Waals surface area contributed by atoms with Crippen molar-refractivity contribution >= 4 is 17.8 Å². The van der Waals surface area contributed by atoms with E-state index >= 15 is 0 Å². The molecule has 1 aromatic heterocycles. The maximum Gasteiger partial charge on any atom is 0.309 e. The molecule has 2 atom stereocenters. The summed E-state index contributed by atoms with van der Waals surface area (Å²) in [6.07, 6.45) is 2.27. The first-order valence-electron chi connectivity index (χ1n) is 11.7. The van der Waals surface area contributed by atoms with Crippen LogP contribution in [0.1, 0.15) is 40.0 Å². The number of aryl methyl sites for hydroxylation is 2. The van der Waals surface area contributed by atoms with Crippen molar-refractivity contribution in [1.29, 1.82) is 5.26 Å². The second-order valence-electron chi connectivity index (χ2n) is 8.60. The molecule has 0 aliphatic rings. The van der Waals surface area contributed by atoms with Crippen LogP contribution in [0.25, 0.3) is 0 Å². The number of nitriles is 1. The van der Waals surface area contributed by atoms with Gasteiger partial charge in [0.2, 0.25) is 5.91 Å². The molecule has 3 N–H and O–H groups in total. The van der Waals surface area contributed by atoms with E-state index in [1.807, 2.05) is 31.2 Å². The standard InChI is InChI=1S/C26H27FN6O4/c1-17-4-2-5-18(12-17)13-23(30-25(36)19-7-9-20(27)10-8-19)26(37)29-21(15-28)6-3-11-33-16-22(31-32-33)14-24(34)35/h2,4-5,7-10,12,16,21,23H,3,6,11,13-14H2,1H3,(H,29,37)(H,30,36)(H,34,35)/t21-,23-/m0/s1. The average molecular weight is 507 g/mol. The molecular formula is C26H27FN6O4. The Labute approximate surface area is 213 Å². The second kappa shape index (κ2) is 12.9. The minimum atomic E-state index is -1.01. The summed E-state index contributed by atoms with van der Waals surface area (Å²) in [5, 5.41) is 31.4. The molecule has 0 spiro atoms. The third kappa shape index (κ3) is 8.54. The molecule has 37 heavy (non-hydrogen) atoms. The summed E-state index contributed by atoms with van der Waals surface area (Å²) in [6, 6.07) is 12.8. The SMILES string of the molecule is Cc1cccc(C[C@H](NC(=O)c2ccc(F)cc2)C(=O)N[C@H](C#N)CCCn2cc(CC(=O)O)nn2)c1. The lowest BCUT2D eigenvalue weighted by molar-refractivity contribution is -0.136. The number of amides is 2. The minimum absolute atomic E-state index is 0.198. The van der Waals surface area contributed by atoms with Crippen molar-refractivity contribution in [2.75, 3.05) is 0 Å². The van der Waals surface area contributed by atoms with Crippen molar-refractivity contribution in [2.24, 2.45) is 0 Å². The molecule has 0 unspecified atom stereocenters. The number of aromatic nitrogens is 3. The maximum atomic E-state index is 13.3. The summed E-state index contributed by atoms with van der Waals surface area (Å²) in [5.74, 6) is -2.55. The topological polar surface area (TPSA) is 150 Å². The van der Waals surface area contributed by atoms with E-state index in [2.05, 4.69) is 27.0 Å². The number of hydrogen-bond donors (Lipinski definition) is 3. The lowest BCUT2D eigenvalue weighted by Gasteiger charge is -2.21. The van der Waals surface area contributed by atoms with Crippen molar-refractivity contribution in [3.05, 3.63) is 82.9 Å². The van der Waals surface area contributed by atoms with Crippen molar-refractivity contribution in [3.63, 3.8) is 0 Å². The van der Waals surface area contributed by atoms with Crippen LogP contribution in [-0.4, -0.2) is 50.0 Å². The fourth-order valence-electron chi connectivity index (χ4n) is 3.71. The van der Waals surface area contributed by atoms with Gasteiger partial charge in [0.25, 0.3) is 5.91 Å². The molecule has 192 valence electrons. The van der Waals surface area contributed by atoms with Crippen molar-refractivity contribution < 1.29 is 23.9 Å². The van der Waals surface area contributed by atoms with Crippen LogP contribution >= 0.6 is 0 Å². The van der Waals surface area contributed by atoms with Crippen molar-refractivity contribution in [1.82, 2.24) is 25.6 Å². The highest BCUT2D eigenvalue weighted by molar-refractivity contribution is 5.97. The Morgan fingerprint density at radius 3 is 2.59 bits per heavy atom. The zero-order valence-corrected chi connectivity index (χ0v) is 20.2. The molecule has 0 aliphatic carbocycles. The summed E-state index contributed by atoms with van der Waals surface area (Å²) in [6.45, 7) is 2.30. The van der Waals surface area contributed by atoms with Gasteiger partial charge in [-0.25, -0.2) is 4.39 Å². The van der Waals surface area contributed by atoms with Crippen molar-refractivity contribution in [2.45, 2.75) is 51.2 Å². The molecule has 10 nitrogen and oxygen atoms in total. The number of carbonyl (C=O) groups is 3. The highest BCUT2D eigenvalue weighted by Crippen LogP contribution is 2.10. The maximum absolute atomic E-state index is 13.3. The fourth-order valence-corrected chi connectivity index (χ4v) is 3.71. The summed E-state index contributed by atoms with van der Waals surface area (Å²) in [4.78, 5) is 36.7.